The second kappa shape index (κ2) is 7.46. The summed E-state index contributed by atoms with van der Waals surface area (Å²) in [5.74, 6) is 0.803. The average Bonchev–Trinajstić information content (AvgIpc) is 3.31. The Bertz CT molecular complexity index is 1320. The van der Waals surface area contributed by atoms with Crippen molar-refractivity contribution in [2.24, 2.45) is 0 Å². The zero-order valence-electron chi connectivity index (χ0n) is 16.1. The number of rotatable bonds is 5. The molecule has 0 radical (unpaired) electrons. The van der Waals surface area contributed by atoms with Crippen LogP contribution in [0.15, 0.2) is 47.3 Å². The molecule has 0 bridgehead atoms. The van der Waals surface area contributed by atoms with Gasteiger partial charge < -0.3 is 0 Å². The van der Waals surface area contributed by atoms with Gasteiger partial charge in [-0.3, -0.25) is 9.36 Å². The minimum absolute atomic E-state index is 0.0718. The molecule has 5 rings (SSSR count). The highest BCUT2D eigenvalue weighted by Gasteiger charge is 2.23. The van der Waals surface area contributed by atoms with E-state index >= 15 is 0 Å². The topological polar surface area (TPSA) is 58.7 Å². The second-order valence-corrected chi connectivity index (χ2v) is 8.68. The van der Waals surface area contributed by atoms with Crippen molar-refractivity contribution < 1.29 is 0 Å². The number of hydrogen-bond acceptors (Lipinski definition) is 4. The summed E-state index contributed by atoms with van der Waals surface area (Å²) in [6, 6.07) is 16.8. The predicted octanol–water partition coefficient (Wildman–Crippen LogP) is 4.99. The molecule has 144 valence electrons. The van der Waals surface area contributed by atoms with Crippen LogP contribution in [0.5, 0.6) is 0 Å². The Morgan fingerprint density at radius 3 is 2.90 bits per heavy atom. The molecule has 1 aliphatic carbocycles. The smallest absolute Gasteiger partial charge is 0.262 e. The van der Waals surface area contributed by atoms with Crippen LogP contribution in [0, 0.1) is 11.3 Å². The zero-order chi connectivity index (χ0) is 19.8. The van der Waals surface area contributed by atoms with Gasteiger partial charge in [0.25, 0.3) is 5.56 Å². The van der Waals surface area contributed by atoms with Crippen molar-refractivity contribution in [1.29, 1.82) is 5.26 Å². The molecule has 0 aliphatic heterocycles. The summed E-state index contributed by atoms with van der Waals surface area (Å²) in [5.41, 5.74) is 2.46. The number of fused-ring (bicyclic) bond motifs is 4. The molecule has 5 heteroatoms. The molecule has 0 fully saturated rings. The van der Waals surface area contributed by atoms with E-state index in [-0.39, 0.29) is 5.56 Å². The summed E-state index contributed by atoms with van der Waals surface area (Å²) >= 11 is 1.69. The van der Waals surface area contributed by atoms with Crippen molar-refractivity contribution in [3.8, 4) is 6.07 Å². The highest BCUT2D eigenvalue weighted by atomic mass is 32.1. The van der Waals surface area contributed by atoms with Crippen LogP contribution < -0.4 is 5.56 Å². The zero-order valence-corrected chi connectivity index (χ0v) is 17.0. The van der Waals surface area contributed by atoms with Crippen molar-refractivity contribution in [3.63, 3.8) is 0 Å². The first-order valence-electron chi connectivity index (χ1n) is 10.1. The van der Waals surface area contributed by atoms with Crippen molar-refractivity contribution in [2.75, 3.05) is 0 Å². The first-order valence-corrected chi connectivity index (χ1v) is 11.0. The lowest BCUT2D eigenvalue weighted by Crippen LogP contribution is -2.26. The molecule has 0 saturated carbocycles. The summed E-state index contributed by atoms with van der Waals surface area (Å²) in [4.78, 5) is 20.7. The lowest BCUT2D eigenvalue weighted by molar-refractivity contribution is 0.598. The molecule has 0 spiro atoms. The van der Waals surface area contributed by atoms with E-state index in [0.29, 0.717) is 25.8 Å². The molecule has 2 aromatic carbocycles. The van der Waals surface area contributed by atoms with E-state index in [1.54, 1.807) is 11.3 Å². The monoisotopic (exact) mass is 399 g/mol. The average molecular weight is 400 g/mol. The Labute approximate surface area is 173 Å². The highest BCUT2D eigenvalue weighted by molar-refractivity contribution is 7.18. The van der Waals surface area contributed by atoms with E-state index in [2.05, 4.69) is 36.4 Å². The van der Waals surface area contributed by atoms with Crippen LogP contribution in [-0.4, -0.2) is 9.55 Å². The molecule has 0 atom stereocenters. The summed E-state index contributed by atoms with van der Waals surface area (Å²) in [6.07, 6.45) is 4.89. The van der Waals surface area contributed by atoms with Gasteiger partial charge in [-0.1, -0.05) is 42.5 Å². The number of nitriles is 1. The van der Waals surface area contributed by atoms with E-state index < -0.39 is 0 Å². The fourth-order valence-corrected chi connectivity index (χ4v) is 5.69. The van der Waals surface area contributed by atoms with Crippen LogP contribution in [0.3, 0.4) is 0 Å². The van der Waals surface area contributed by atoms with Gasteiger partial charge in [0.2, 0.25) is 0 Å². The fourth-order valence-electron chi connectivity index (χ4n) is 4.42. The maximum absolute atomic E-state index is 13.5. The summed E-state index contributed by atoms with van der Waals surface area (Å²) in [6.45, 7) is 0.542. The Morgan fingerprint density at radius 1 is 1.14 bits per heavy atom. The maximum atomic E-state index is 13.5. The molecular weight excluding hydrogens is 378 g/mol. The van der Waals surface area contributed by atoms with Crippen LogP contribution in [-0.2, 0) is 25.8 Å². The Hall–Kier alpha value is -2.97. The van der Waals surface area contributed by atoms with Crippen LogP contribution in [0.25, 0.3) is 21.0 Å². The molecule has 2 aromatic heterocycles. The van der Waals surface area contributed by atoms with E-state index in [9.17, 15) is 4.79 Å². The predicted molar refractivity (Wildman–Crippen MR) is 118 cm³/mol. The second-order valence-electron chi connectivity index (χ2n) is 7.60. The number of aryl methyl sites for hydroxylation is 2. The van der Waals surface area contributed by atoms with Crippen LogP contribution >= 0.6 is 11.3 Å². The molecule has 1 aliphatic rings. The Morgan fingerprint density at radius 2 is 2.00 bits per heavy atom. The minimum atomic E-state index is 0.0718. The molecular formula is C24H21N3OS. The number of nitrogens with zero attached hydrogens (tertiary/aromatic N) is 3. The standard InChI is InChI=1S/C24H21N3OS/c25-13-3-4-14-27-21(15-17-9-5-8-16-7-1-2-10-18(16)17)26-23-22(24(27)28)19-11-6-12-20(19)29-23/h1-2,5,7-10H,3-4,6,11-12,14-15H2. The Kier molecular flexibility index (Phi) is 4.65. The molecule has 0 N–H and O–H groups in total. The third-order valence-corrected chi connectivity index (χ3v) is 6.99. The quantitative estimate of drug-likeness (QED) is 0.444. The van der Waals surface area contributed by atoms with E-state index in [1.165, 1.54) is 26.8 Å². The van der Waals surface area contributed by atoms with Crippen LogP contribution in [0.2, 0.25) is 0 Å². The van der Waals surface area contributed by atoms with E-state index in [4.69, 9.17) is 10.2 Å². The van der Waals surface area contributed by atoms with Crippen molar-refractivity contribution in [3.05, 3.63) is 74.6 Å². The van der Waals surface area contributed by atoms with Crippen molar-refractivity contribution in [1.82, 2.24) is 9.55 Å². The molecule has 0 amide bonds. The summed E-state index contributed by atoms with van der Waals surface area (Å²) < 4.78 is 1.83. The van der Waals surface area contributed by atoms with Gasteiger partial charge in [-0.2, -0.15) is 5.26 Å². The minimum Gasteiger partial charge on any atom is -0.296 e. The fraction of sp³-hybridized carbons (Fsp3) is 0.292. The Balaban J connectivity index is 1.66. The third kappa shape index (κ3) is 3.14. The van der Waals surface area contributed by atoms with Gasteiger partial charge in [-0.25, -0.2) is 4.98 Å². The highest BCUT2D eigenvalue weighted by Crippen LogP contribution is 2.35. The molecule has 2 heterocycles. The lowest BCUT2D eigenvalue weighted by Gasteiger charge is -2.13. The van der Waals surface area contributed by atoms with E-state index in [0.717, 1.165) is 35.3 Å². The molecule has 4 aromatic rings. The third-order valence-electron chi connectivity index (χ3n) is 5.80. The number of thiophene rings is 1. The van der Waals surface area contributed by atoms with Gasteiger partial charge in [0.05, 0.1) is 11.5 Å². The van der Waals surface area contributed by atoms with E-state index in [1.807, 2.05) is 16.7 Å². The largest absolute Gasteiger partial charge is 0.296 e. The SMILES string of the molecule is N#CCCCn1c(Cc2cccc3ccccc23)nc2sc3c(c2c1=O)CCC3. The van der Waals surface area contributed by atoms with Crippen molar-refractivity contribution >= 4 is 32.3 Å². The van der Waals surface area contributed by atoms with Gasteiger partial charge in [-0.05, 0) is 47.6 Å². The molecule has 0 unspecified atom stereocenters. The van der Waals surface area contributed by atoms with Gasteiger partial charge >= 0.3 is 0 Å². The number of aromatic nitrogens is 2. The van der Waals surface area contributed by atoms with Gasteiger partial charge in [0.1, 0.15) is 10.7 Å². The number of benzene rings is 2. The van der Waals surface area contributed by atoms with Crippen LogP contribution in [0.4, 0.5) is 0 Å². The van der Waals surface area contributed by atoms with Crippen molar-refractivity contribution in [2.45, 2.75) is 45.1 Å². The summed E-state index contributed by atoms with van der Waals surface area (Å²) in [7, 11) is 0. The molecule has 4 nitrogen and oxygen atoms in total. The van der Waals surface area contributed by atoms with Gasteiger partial charge in [-0.15, -0.1) is 11.3 Å². The first kappa shape index (κ1) is 18.1. The molecule has 29 heavy (non-hydrogen) atoms. The lowest BCUT2D eigenvalue weighted by atomic mass is 10.0. The summed E-state index contributed by atoms with van der Waals surface area (Å²) in [5, 5.41) is 12.2. The van der Waals surface area contributed by atoms with Gasteiger partial charge in [0.15, 0.2) is 0 Å². The first-order chi connectivity index (χ1) is 14.3. The maximum Gasteiger partial charge on any atom is 0.262 e. The normalized spacial score (nSPS) is 13.1. The molecule has 0 saturated heterocycles. The number of unbranched alkanes of at least 4 members (excludes halogenated alkanes) is 1. The number of hydrogen-bond donors (Lipinski definition) is 0. The van der Waals surface area contributed by atoms with Gasteiger partial charge in [0, 0.05) is 24.3 Å². The van der Waals surface area contributed by atoms with Crippen LogP contribution in [0.1, 0.15) is 41.1 Å².